The SMILES string of the molecule is COc1ccc(OCCC2CCCCC2Cl)cc1. The molecule has 2 atom stereocenters. The van der Waals surface area contributed by atoms with Crippen molar-refractivity contribution in [3.05, 3.63) is 24.3 Å². The van der Waals surface area contributed by atoms with Crippen molar-refractivity contribution in [2.45, 2.75) is 37.5 Å². The molecule has 100 valence electrons. The van der Waals surface area contributed by atoms with Gasteiger partial charge in [0.15, 0.2) is 0 Å². The molecule has 0 N–H and O–H groups in total. The van der Waals surface area contributed by atoms with Crippen molar-refractivity contribution in [2.75, 3.05) is 13.7 Å². The van der Waals surface area contributed by atoms with Gasteiger partial charge in [0.05, 0.1) is 13.7 Å². The minimum absolute atomic E-state index is 0.346. The summed E-state index contributed by atoms with van der Waals surface area (Å²) in [7, 11) is 1.67. The van der Waals surface area contributed by atoms with Crippen LogP contribution in [-0.2, 0) is 0 Å². The topological polar surface area (TPSA) is 18.5 Å². The molecule has 1 fully saturated rings. The zero-order chi connectivity index (χ0) is 12.8. The minimum atomic E-state index is 0.346. The molecular weight excluding hydrogens is 248 g/mol. The lowest BCUT2D eigenvalue weighted by molar-refractivity contribution is 0.249. The highest BCUT2D eigenvalue weighted by Gasteiger charge is 2.22. The molecule has 0 aliphatic heterocycles. The first kappa shape index (κ1) is 13.5. The van der Waals surface area contributed by atoms with Gasteiger partial charge in [-0.2, -0.15) is 0 Å². The molecular formula is C15H21ClO2. The fraction of sp³-hybridized carbons (Fsp3) is 0.600. The average Bonchev–Trinajstić information content (AvgIpc) is 2.42. The minimum Gasteiger partial charge on any atom is -0.497 e. The summed E-state index contributed by atoms with van der Waals surface area (Å²) in [5, 5.41) is 0.346. The number of alkyl halides is 1. The van der Waals surface area contributed by atoms with Crippen LogP contribution in [0.3, 0.4) is 0 Å². The Balaban J connectivity index is 1.73. The van der Waals surface area contributed by atoms with Crippen LogP contribution in [0.5, 0.6) is 11.5 Å². The first-order chi connectivity index (χ1) is 8.79. The van der Waals surface area contributed by atoms with Crippen LogP contribution in [0.15, 0.2) is 24.3 Å². The number of hydrogen-bond donors (Lipinski definition) is 0. The lowest BCUT2D eigenvalue weighted by atomic mass is 9.87. The van der Waals surface area contributed by atoms with Crippen LogP contribution >= 0.6 is 11.6 Å². The molecule has 1 aromatic rings. The normalized spacial score (nSPS) is 23.7. The van der Waals surface area contributed by atoms with Gasteiger partial charge in [0, 0.05) is 5.38 Å². The highest BCUT2D eigenvalue weighted by molar-refractivity contribution is 6.20. The smallest absolute Gasteiger partial charge is 0.119 e. The monoisotopic (exact) mass is 268 g/mol. The van der Waals surface area contributed by atoms with E-state index >= 15 is 0 Å². The van der Waals surface area contributed by atoms with Crippen molar-refractivity contribution in [3.8, 4) is 11.5 Å². The van der Waals surface area contributed by atoms with Crippen molar-refractivity contribution >= 4 is 11.6 Å². The van der Waals surface area contributed by atoms with Crippen LogP contribution in [0.1, 0.15) is 32.1 Å². The van der Waals surface area contributed by atoms with Crippen molar-refractivity contribution in [1.29, 1.82) is 0 Å². The summed E-state index contributed by atoms with van der Waals surface area (Å²) in [4.78, 5) is 0. The Labute approximate surface area is 114 Å². The Morgan fingerprint density at radius 3 is 2.44 bits per heavy atom. The van der Waals surface area contributed by atoms with Gasteiger partial charge in [0.2, 0.25) is 0 Å². The lowest BCUT2D eigenvalue weighted by Crippen LogP contribution is -2.21. The summed E-state index contributed by atoms with van der Waals surface area (Å²) in [6.07, 6.45) is 6.06. The molecule has 2 nitrogen and oxygen atoms in total. The quantitative estimate of drug-likeness (QED) is 0.743. The molecule has 2 rings (SSSR count). The average molecular weight is 269 g/mol. The molecule has 1 saturated carbocycles. The first-order valence-electron chi connectivity index (χ1n) is 6.70. The van der Waals surface area contributed by atoms with Gasteiger partial charge in [0.1, 0.15) is 11.5 Å². The molecule has 1 aliphatic carbocycles. The third-order valence-corrected chi connectivity index (χ3v) is 4.21. The maximum Gasteiger partial charge on any atom is 0.119 e. The molecule has 0 aromatic heterocycles. The van der Waals surface area contributed by atoms with Crippen molar-refractivity contribution in [3.63, 3.8) is 0 Å². The van der Waals surface area contributed by atoms with Crippen LogP contribution in [-0.4, -0.2) is 19.1 Å². The van der Waals surface area contributed by atoms with Crippen molar-refractivity contribution in [2.24, 2.45) is 5.92 Å². The Hall–Kier alpha value is -0.890. The van der Waals surface area contributed by atoms with Gasteiger partial charge in [-0.05, 0) is 49.4 Å². The van der Waals surface area contributed by atoms with Crippen LogP contribution in [0.4, 0.5) is 0 Å². The van der Waals surface area contributed by atoms with E-state index in [0.29, 0.717) is 11.3 Å². The molecule has 0 saturated heterocycles. The zero-order valence-corrected chi connectivity index (χ0v) is 11.7. The molecule has 0 amide bonds. The maximum absolute atomic E-state index is 6.33. The Kier molecular flexibility index (Phi) is 5.18. The summed E-state index contributed by atoms with van der Waals surface area (Å²) in [5.74, 6) is 2.38. The Morgan fingerprint density at radius 2 is 1.78 bits per heavy atom. The van der Waals surface area contributed by atoms with E-state index in [9.17, 15) is 0 Å². The van der Waals surface area contributed by atoms with Crippen LogP contribution in [0, 0.1) is 5.92 Å². The lowest BCUT2D eigenvalue weighted by Gasteiger charge is -2.26. The largest absolute Gasteiger partial charge is 0.497 e. The molecule has 0 radical (unpaired) electrons. The molecule has 0 bridgehead atoms. The maximum atomic E-state index is 6.33. The van der Waals surface area contributed by atoms with E-state index in [1.54, 1.807) is 7.11 Å². The van der Waals surface area contributed by atoms with E-state index in [1.165, 1.54) is 19.3 Å². The number of rotatable bonds is 5. The van der Waals surface area contributed by atoms with Crippen LogP contribution < -0.4 is 9.47 Å². The third kappa shape index (κ3) is 3.81. The van der Waals surface area contributed by atoms with Gasteiger partial charge in [-0.1, -0.05) is 12.8 Å². The van der Waals surface area contributed by atoms with E-state index in [0.717, 1.165) is 30.9 Å². The fourth-order valence-corrected chi connectivity index (χ4v) is 2.89. The number of ether oxygens (including phenoxy) is 2. The number of hydrogen-bond acceptors (Lipinski definition) is 2. The van der Waals surface area contributed by atoms with E-state index in [2.05, 4.69) is 0 Å². The predicted molar refractivity (Wildman–Crippen MR) is 74.7 cm³/mol. The van der Waals surface area contributed by atoms with E-state index in [1.807, 2.05) is 24.3 Å². The predicted octanol–water partition coefficient (Wildman–Crippen LogP) is 4.26. The fourth-order valence-electron chi connectivity index (χ4n) is 2.49. The standard InChI is InChI=1S/C15H21ClO2/c1-17-13-6-8-14(9-7-13)18-11-10-12-4-2-3-5-15(12)16/h6-9,12,15H,2-5,10-11H2,1H3. The number of halogens is 1. The van der Waals surface area contributed by atoms with E-state index in [4.69, 9.17) is 21.1 Å². The summed E-state index contributed by atoms with van der Waals surface area (Å²) < 4.78 is 10.9. The molecule has 2 unspecified atom stereocenters. The van der Waals surface area contributed by atoms with Gasteiger partial charge in [-0.25, -0.2) is 0 Å². The second-order valence-electron chi connectivity index (χ2n) is 4.87. The third-order valence-electron chi connectivity index (χ3n) is 3.63. The molecule has 1 aliphatic rings. The van der Waals surface area contributed by atoms with Crippen LogP contribution in [0.25, 0.3) is 0 Å². The second kappa shape index (κ2) is 6.89. The Morgan fingerprint density at radius 1 is 1.11 bits per heavy atom. The summed E-state index contributed by atoms with van der Waals surface area (Å²) in [6, 6.07) is 7.72. The van der Waals surface area contributed by atoms with Gasteiger partial charge in [0.25, 0.3) is 0 Å². The second-order valence-corrected chi connectivity index (χ2v) is 5.43. The van der Waals surface area contributed by atoms with Crippen LogP contribution in [0.2, 0.25) is 0 Å². The Bertz CT molecular complexity index is 350. The zero-order valence-electron chi connectivity index (χ0n) is 10.9. The van der Waals surface area contributed by atoms with Crippen molar-refractivity contribution in [1.82, 2.24) is 0 Å². The molecule has 0 spiro atoms. The van der Waals surface area contributed by atoms with E-state index < -0.39 is 0 Å². The highest BCUT2D eigenvalue weighted by atomic mass is 35.5. The van der Waals surface area contributed by atoms with Crippen molar-refractivity contribution < 1.29 is 9.47 Å². The van der Waals surface area contributed by atoms with Gasteiger partial charge >= 0.3 is 0 Å². The summed E-state index contributed by atoms with van der Waals surface area (Å²) >= 11 is 6.33. The molecule has 18 heavy (non-hydrogen) atoms. The van der Waals surface area contributed by atoms with Gasteiger partial charge in [-0.15, -0.1) is 11.6 Å². The summed E-state index contributed by atoms with van der Waals surface area (Å²) in [6.45, 7) is 0.750. The molecule has 3 heteroatoms. The number of benzene rings is 1. The van der Waals surface area contributed by atoms with E-state index in [-0.39, 0.29) is 0 Å². The number of methoxy groups -OCH3 is 1. The first-order valence-corrected chi connectivity index (χ1v) is 7.14. The molecule has 1 aromatic carbocycles. The molecule has 0 heterocycles. The van der Waals surface area contributed by atoms with Gasteiger partial charge < -0.3 is 9.47 Å². The van der Waals surface area contributed by atoms with Gasteiger partial charge in [-0.3, -0.25) is 0 Å². The highest BCUT2D eigenvalue weighted by Crippen LogP contribution is 2.31. The summed E-state index contributed by atoms with van der Waals surface area (Å²) in [5.41, 5.74) is 0.